The van der Waals surface area contributed by atoms with Gasteiger partial charge in [0.2, 0.25) is 0 Å². The maximum atomic E-state index is 11.2. The van der Waals surface area contributed by atoms with Crippen LogP contribution in [0.1, 0.15) is 37.4 Å². The van der Waals surface area contributed by atoms with E-state index in [1.165, 1.54) is 11.3 Å². The molecule has 0 bridgehead atoms. The fraction of sp³-hybridized carbons (Fsp3) is 0.500. The first-order chi connectivity index (χ1) is 5.72. The van der Waals surface area contributed by atoms with E-state index in [9.17, 15) is 4.79 Å². The molecule has 68 valence electrons. The standard InChI is InChI=1S/C8H10OS.C2H6/c1-6(2)8(9)7-4-3-5-10-7;1-2/h3-6H,1-2H3;1-2H3. The normalized spacial score (nSPS) is 9.08. The van der Waals surface area contributed by atoms with Crippen LogP contribution < -0.4 is 0 Å². The Hall–Kier alpha value is -0.630. The number of hydrogen-bond donors (Lipinski definition) is 0. The number of Topliss-reactive ketones (excluding diaryl/α,β-unsaturated/α-hetero) is 1. The Morgan fingerprint density at radius 2 is 2.00 bits per heavy atom. The molecule has 2 heteroatoms. The molecule has 0 aliphatic heterocycles. The first kappa shape index (κ1) is 11.4. The first-order valence-electron chi connectivity index (χ1n) is 4.29. The number of rotatable bonds is 2. The van der Waals surface area contributed by atoms with E-state index in [0.717, 1.165) is 4.88 Å². The summed E-state index contributed by atoms with van der Waals surface area (Å²) in [5.74, 6) is 0.369. The van der Waals surface area contributed by atoms with Crippen molar-refractivity contribution in [2.45, 2.75) is 27.7 Å². The smallest absolute Gasteiger partial charge is 0.175 e. The zero-order chi connectivity index (χ0) is 9.56. The van der Waals surface area contributed by atoms with Gasteiger partial charge in [-0.05, 0) is 11.4 Å². The summed E-state index contributed by atoms with van der Waals surface area (Å²) in [5, 5.41) is 1.93. The Kier molecular flexibility index (Phi) is 5.64. The number of thiophene rings is 1. The molecule has 1 nitrogen and oxygen atoms in total. The van der Waals surface area contributed by atoms with Gasteiger partial charge in [-0.1, -0.05) is 33.8 Å². The van der Waals surface area contributed by atoms with Gasteiger partial charge in [0, 0.05) is 5.92 Å². The van der Waals surface area contributed by atoms with E-state index in [4.69, 9.17) is 0 Å². The summed E-state index contributed by atoms with van der Waals surface area (Å²) >= 11 is 1.51. The third-order valence-corrected chi connectivity index (χ3v) is 2.17. The molecule has 0 radical (unpaired) electrons. The molecule has 0 spiro atoms. The predicted octanol–water partition coefficient (Wildman–Crippen LogP) is 3.61. The maximum Gasteiger partial charge on any atom is 0.175 e. The van der Waals surface area contributed by atoms with E-state index in [2.05, 4.69) is 0 Å². The van der Waals surface area contributed by atoms with Crippen molar-refractivity contribution in [3.63, 3.8) is 0 Å². The van der Waals surface area contributed by atoms with Gasteiger partial charge in [-0.25, -0.2) is 0 Å². The molecule has 0 fully saturated rings. The van der Waals surface area contributed by atoms with Gasteiger partial charge in [-0.15, -0.1) is 11.3 Å². The van der Waals surface area contributed by atoms with Crippen LogP contribution in [0.2, 0.25) is 0 Å². The zero-order valence-electron chi connectivity index (χ0n) is 8.13. The lowest BCUT2D eigenvalue weighted by molar-refractivity contribution is 0.0943. The Balaban J connectivity index is 0.000000561. The Bertz CT molecular complexity index is 212. The number of ketones is 1. The Morgan fingerprint density at radius 3 is 2.33 bits per heavy atom. The van der Waals surface area contributed by atoms with Gasteiger partial charge in [0.15, 0.2) is 5.78 Å². The summed E-state index contributed by atoms with van der Waals surface area (Å²) in [6.07, 6.45) is 0. The minimum absolute atomic E-state index is 0.124. The van der Waals surface area contributed by atoms with Crippen LogP contribution in [-0.2, 0) is 0 Å². The van der Waals surface area contributed by atoms with E-state index in [1.54, 1.807) is 0 Å². The molecule has 1 aromatic rings. The van der Waals surface area contributed by atoms with Crippen LogP contribution in [0.3, 0.4) is 0 Å². The molecule has 1 rings (SSSR count). The Morgan fingerprint density at radius 1 is 1.42 bits per heavy atom. The zero-order valence-corrected chi connectivity index (χ0v) is 8.94. The molecule has 0 N–H and O–H groups in total. The lowest BCUT2D eigenvalue weighted by atomic mass is 10.1. The molecule has 0 aromatic carbocycles. The van der Waals surface area contributed by atoms with Crippen molar-refractivity contribution >= 4 is 17.1 Å². The lowest BCUT2D eigenvalue weighted by Gasteiger charge is -1.98. The van der Waals surface area contributed by atoms with Gasteiger partial charge in [0.25, 0.3) is 0 Å². The predicted molar refractivity (Wildman–Crippen MR) is 54.8 cm³/mol. The molecule has 0 unspecified atom stereocenters. The van der Waals surface area contributed by atoms with Gasteiger partial charge in [-0.3, -0.25) is 4.79 Å². The molecule has 1 heterocycles. The number of hydrogen-bond acceptors (Lipinski definition) is 2. The Labute approximate surface area is 78.4 Å². The largest absolute Gasteiger partial charge is 0.293 e. The lowest BCUT2D eigenvalue weighted by Crippen LogP contribution is -2.04. The van der Waals surface area contributed by atoms with Gasteiger partial charge >= 0.3 is 0 Å². The summed E-state index contributed by atoms with van der Waals surface area (Å²) in [6, 6.07) is 3.77. The second-order valence-electron chi connectivity index (χ2n) is 2.50. The van der Waals surface area contributed by atoms with E-state index in [1.807, 2.05) is 45.2 Å². The molecule has 0 atom stereocenters. The maximum absolute atomic E-state index is 11.2. The molecule has 1 aromatic heterocycles. The van der Waals surface area contributed by atoms with Crippen molar-refractivity contribution < 1.29 is 4.79 Å². The average Bonchev–Trinajstić information content (AvgIpc) is 2.58. The van der Waals surface area contributed by atoms with Crippen LogP contribution in [0.4, 0.5) is 0 Å². The van der Waals surface area contributed by atoms with Crippen LogP contribution in [0, 0.1) is 5.92 Å². The molecule has 0 amide bonds. The highest BCUT2D eigenvalue weighted by Gasteiger charge is 2.09. The van der Waals surface area contributed by atoms with E-state index < -0.39 is 0 Å². The second kappa shape index (κ2) is 5.95. The van der Waals surface area contributed by atoms with Crippen LogP contribution in [0.15, 0.2) is 17.5 Å². The molecular weight excluding hydrogens is 168 g/mol. The van der Waals surface area contributed by atoms with Gasteiger partial charge in [0.05, 0.1) is 4.88 Å². The first-order valence-corrected chi connectivity index (χ1v) is 5.17. The second-order valence-corrected chi connectivity index (χ2v) is 3.44. The molecule has 0 aliphatic rings. The van der Waals surface area contributed by atoms with Crippen molar-refractivity contribution in [1.82, 2.24) is 0 Å². The molecular formula is C10H16OS. The monoisotopic (exact) mass is 184 g/mol. The van der Waals surface area contributed by atoms with Crippen LogP contribution in [0.25, 0.3) is 0 Å². The highest BCUT2D eigenvalue weighted by atomic mass is 32.1. The average molecular weight is 184 g/mol. The van der Waals surface area contributed by atoms with Crippen molar-refractivity contribution in [2.24, 2.45) is 5.92 Å². The fourth-order valence-electron chi connectivity index (χ4n) is 0.703. The van der Waals surface area contributed by atoms with Crippen LogP contribution in [-0.4, -0.2) is 5.78 Å². The quantitative estimate of drug-likeness (QED) is 0.642. The fourth-order valence-corrected chi connectivity index (χ4v) is 1.52. The van der Waals surface area contributed by atoms with Crippen molar-refractivity contribution in [3.8, 4) is 0 Å². The molecule has 0 aliphatic carbocycles. The highest BCUT2D eigenvalue weighted by molar-refractivity contribution is 7.12. The summed E-state index contributed by atoms with van der Waals surface area (Å²) in [5.41, 5.74) is 0. The minimum Gasteiger partial charge on any atom is -0.293 e. The highest BCUT2D eigenvalue weighted by Crippen LogP contribution is 2.13. The molecule has 0 saturated heterocycles. The van der Waals surface area contributed by atoms with E-state index in [-0.39, 0.29) is 11.7 Å². The third-order valence-electron chi connectivity index (χ3n) is 1.29. The van der Waals surface area contributed by atoms with Gasteiger partial charge in [-0.2, -0.15) is 0 Å². The van der Waals surface area contributed by atoms with Crippen molar-refractivity contribution in [2.75, 3.05) is 0 Å². The molecule has 12 heavy (non-hydrogen) atoms. The summed E-state index contributed by atoms with van der Waals surface area (Å²) in [4.78, 5) is 12.1. The summed E-state index contributed by atoms with van der Waals surface area (Å²) in [7, 11) is 0. The number of carbonyl (C=O) groups excluding carboxylic acids is 1. The van der Waals surface area contributed by atoms with E-state index in [0.29, 0.717) is 0 Å². The number of carbonyl (C=O) groups is 1. The summed E-state index contributed by atoms with van der Waals surface area (Å²) in [6.45, 7) is 7.84. The van der Waals surface area contributed by atoms with E-state index >= 15 is 0 Å². The molecule has 0 saturated carbocycles. The SMILES string of the molecule is CC.CC(C)C(=O)c1cccs1. The topological polar surface area (TPSA) is 17.1 Å². The van der Waals surface area contributed by atoms with Crippen molar-refractivity contribution in [1.29, 1.82) is 0 Å². The third kappa shape index (κ3) is 3.18. The minimum atomic E-state index is 0.124. The van der Waals surface area contributed by atoms with Crippen LogP contribution >= 0.6 is 11.3 Å². The van der Waals surface area contributed by atoms with Gasteiger partial charge < -0.3 is 0 Å². The van der Waals surface area contributed by atoms with Gasteiger partial charge in [0.1, 0.15) is 0 Å². The van der Waals surface area contributed by atoms with Crippen LogP contribution in [0.5, 0.6) is 0 Å². The van der Waals surface area contributed by atoms with Crippen molar-refractivity contribution in [3.05, 3.63) is 22.4 Å². The summed E-state index contributed by atoms with van der Waals surface area (Å²) < 4.78 is 0.